The van der Waals surface area contributed by atoms with Gasteiger partial charge < -0.3 is 44.9 Å². The molecular formula is C27H26N2O10. The second-order valence-corrected chi connectivity index (χ2v) is 8.26. The van der Waals surface area contributed by atoms with E-state index in [0.717, 1.165) is 0 Å². The van der Waals surface area contributed by atoms with Crippen LogP contribution in [0.4, 0.5) is 4.79 Å². The number of rotatable bonds is 9. The lowest BCUT2D eigenvalue weighted by Gasteiger charge is -2.37. The fourth-order valence-corrected chi connectivity index (χ4v) is 4.26. The van der Waals surface area contributed by atoms with Crippen LogP contribution in [0.15, 0.2) is 72.0 Å². The van der Waals surface area contributed by atoms with Crippen LogP contribution in [-0.2, 0) is 34.1 Å². The number of carbonyl (C=O) groups is 3. The Hall–Kier alpha value is -4.97. The minimum absolute atomic E-state index is 0.00646. The van der Waals surface area contributed by atoms with Crippen LogP contribution in [0.25, 0.3) is 0 Å². The van der Waals surface area contributed by atoms with Crippen LogP contribution in [0.5, 0.6) is 23.0 Å². The van der Waals surface area contributed by atoms with Gasteiger partial charge in [-0.15, -0.1) is 0 Å². The van der Waals surface area contributed by atoms with E-state index < -0.39 is 23.6 Å². The monoisotopic (exact) mass is 538 g/mol. The van der Waals surface area contributed by atoms with E-state index in [0.29, 0.717) is 16.7 Å². The summed E-state index contributed by atoms with van der Waals surface area (Å²) in [6, 6.07) is 8.72. The summed E-state index contributed by atoms with van der Waals surface area (Å²) in [5, 5.41) is 22.7. The summed E-state index contributed by atoms with van der Waals surface area (Å²) in [6.07, 6.45) is 4.42. The van der Waals surface area contributed by atoms with E-state index in [1.807, 2.05) is 0 Å². The molecule has 2 aromatic rings. The Balaban J connectivity index is 1.57. The van der Waals surface area contributed by atoms with Crippen molar-refractivity contribution in [3.63, 3.8) is 0 Å². The number of nitrogens with one attached hydrogen (secondary N) is 1. The highest BCUT2D eigenvalue weighted by molar-refractivity contribution is 6.00. The number of benzene rings is 2. The molecule has 12 heteroatoms. The molecule has 0 fully saturated rings. The predicted octanol–water partition coefficient (Wildman–Crippen LogP) is 2.24. The van der Waals surface area contributed by atoms with E-state index in [2.05, 4.69) is 14.8 Å². The molecule has 39 heavy (non-hydrogen) atoms. The molecule has 0 unspecified atom stereocenters. The average Bonchev–Trinajstić information content (AvgIpc) is 3.17. The molecule has 4 rings (SSSR count). The fraction of sp³-hybridized carbons (Fsp3) is 0.222. The van der Waals surface area contributed by atoms with Gasteiger partial charge in [0.2, 0.25) is 5.91 Å². The zero-order valence-corrected chi connectivity index (χ0v) is 20.8. The van der Waals surface area contributed by atoms with E-state index in [9.17, 15) is 24.6 Å². The summed E-state index contributed by atoms with van der Waals surface area (Å²) >= 11 is 0. The molecule has 2 aromatic carbocycles. The van der Waals surface area contributed by atoms with Crippen molar-refractivity contribution in [2.24, 2.45) is 5.73 Å². The number of nitrogens with two attached hydrogens (primary N) is 1. The van der Waals surface area contributed by atoms with Crippen LogP contribution < -0.4 is 15.8 Å². The maximum Gasteiger partial charge on any atom is 0.508 e. The van der Waals surface area contributed by atoms with Gasteiger partial charge in [-0.25, -0.2) is 9.59 Å². The Bertz CT molecular complexity index is 1330. The molecule has 2 aliphatic heterocycles. The normalized spacial score (nSPS) is 15.2. The van der Waals surface area contributed by atoms with Gasteiger partial charge in [-0.2, -0.15) is 0 Å². The second kappa shape index (κ2) is 11.6. The van der Waals surface area contributed by atoms with Gasteiger partial charge in [0.15, 0.2) is 5.60 Å². The molecular weight excluding hydrogens is 512 g/mol. The number of aromatic hydroxyl groups is 2. The number of hydrogen-bond donors (Lipinski definition) is 4. The SMILES string of the molecule is COC(=O)OCCOCCNC(=O)/C=C/C1=C(/C=C\N)C2(OC1=O)c1ccc(O)cc1Oc1cc(O)ccc12. The predicted molar refractivity (Wildman–Crippen MR) is 135 cm³/mol. The molecule has 0 aliphatic carbocycles. The fourth-order valence-electron chi connectivity index (χ4n) is 4.26. The van der Waals surface area contributed by atoms with Crippen molar-refractivity contribution in [1.82, 2.24) is 5.32 Å². The van der Waals surface area contributed by atoms with Crippen LogP contribution in [-0.4, -0.2) is 61.7 Å². The Morgan fingerprint density at radius 1 is 1.03 bits per heavy atom. The van der Waals surface area contributed by atoms with E-state index in [1.165, 1.54) is 55.8 Å². The second-order valence-electron chi connectivity index (χ2n) is 8.26. The van der Waals surface area contributed by atoms with Crippen molar-refractivity contribution in [2.45, 2.75) is 5.60 Å². The highest BCUT2D eigenvalue weighted by Gasteiger charge is 2.53. The molecule has 2 aliphatic rings. The first-order chi connectivity index (χ1) is 18.8. The van der Waals surface area contributed by atoms with Crippen molar-refractivity contribution >= 4 is 18.0 Å². The Morgan fingerprint density at radius 3 is 2.31 bits per heavy atom. The molecule has 1 spiro atoms. The zero-order valence-electron chi connectivity index (χ0n) is 20.8. The van der Waals surface area contributed by atoms with Crippen molar-refractivity contribution in [3.05, 3.63) is 83.1 Å². The number of hydrogen-bond acceptors (Lipinski definition) is 11. The zero-order chi connectivity index (χ0) is 28.0. The van der Waals surface area contributed by atoms with Gasteiger partial charge in [0.25, 0.3) is 0 Å². The molecule has 2 heterocycles. The molecule has 0 saturated heterocycles. The molecule has 0 atom stereocenters. The van der Waals surface area contributed by atoms with Gasteiger partial charge in [0, 0.05) is 41.5 Å². The number of amides is 1. The number of esters is 1. The summed E-state index contributed by atoms with van der Waals surface area (Å²) in [5.74, 6) is -0.945. The molecule has 5 N–H and O–H groups in total. The smallest absolute Gasteiger partial charge is 0.508 e. The number of ether oxygens (including phenoxy) is 5. The third-order valence-electron chi connectivity index (χ3n) is 5.87. The number of methoxy groups -OCH3 is 1. The van der Waals surface area contributed by atoms with Crippen LogP contribution >= 0.6 is 0 Å². The molecule has 12 nitrogen and oxygen atoms in total. The summed E-state index contributed by atoms with van der Waals surface area (Å²) in [6.45, 7) is 0.451. The molecule has 0 radical (unpaired) electrons. The lowest BCUT2D eigenvalue weighted by Crippen LogP contribution is -2.33. The standard InChI is InChI=1S/C27H26N2O10/c1-35-26(34)37-13-12-36-11-10-29-24(32)7-4-18-19(8-9-28)27(39-25(18)33)20-5-2-16(30)14-22(20)38-23-15-17(31)3-6-21(23)27/h2-9,14-15,30-31H,10-13,28H2,1H3,(H,29,32)/b7-4+,9-8-. The van der Waals surface area contributed by atoms with Crippen LogP contribution in [0.1, 0.15) is 11.1 Å². The number of phenols is 2. The van der Waals surface area contributed by atoms with Gasteiger partial charge in [0.1, 0.15) is 29.6 Å². The Kier molecular flexibility index (Phi) is 8.06. The molecule has 204 valence electrons. The Labute approximate surface area is 222 Å². The maximum absolute atomic E-state index is 13.2. The minimum Gasteiger partial charge on any atom is -0.508 e. The summed E-state index contributed by atoms with van der Waals surface area (Å²) < 4.78 is 26.2. The molecule has 1 amide bonds. The van der Waals surface area contributed by atoms with Gasteiger partial charge in [-0.05, 0) is 42.6 Å². The van der Waals surface area contributed by atoms with E-state index in [1.54, 1.807) is 12.1 Å². The first kappa shape index (κ1) is 27.1. The van der Waals surface area contributed by atoms with Crippen LogP contribution in [0.3, 0.4) is 0 Å². The van der Waals surface area contributed by atoms with Gasteiger partial charge in [0.05, 0.1) is 25.9 Å². The maximum atomic E-state index is 13.2. The number of phenolic OH excluding ortho intramolecular Hbond substituents is 2. The molecule has 0 aromatic heterocycles. The van der Waals surface area contributed by atoms with Crippen molar-refractivity contribution < 1.29 is 48.3 Å². The van der Waals surface area contributed by atoms with Crippen molar-refractivity contribution in [3.8, 4) is 23.0 Å². The first-order valence-corrected chi connectivity index (χ1v) is 11.8. The lowest BCUT2D eigenvalue weighted by atomic mass is 9.77. The van der Waals surface area contributed by atoms with Crippen molar-refractivity contribution in [1.29, 1.82) is 0 Å². The van der Waals surface area contributed by atoms with E-state index in [4.69, 9.17) is 19.9 Å². The quantitative estimate of drug-likeness (QED) is 0.209. The highest BCUT2D eigenvalue weighted by Crippen LogP contribution is 2.57. The minimum atomic E-state index is -1.52. The van der Waals surface area contributed by atoms with E-state index >= 15 is 0 Å². The Morgan fingerprint density at radius 2 is 1.69 bits per heavy atom. The highest BCUT2D eigenvalue weighted by atomic mass is 16.7. The van der Waals surface area contributed by atoms with Crippen LogP contribution in [0.2, 0.25) is 0 Å². The average molecular weight is 539 g/mol. The van der Waals surface area contributed by atoms with Gasteiger partial charge in [-0.3, -0.25) is 4.79 Å². The lowest BCUT2D eigenvalue weighted by molar-refractivity contribution is -0.144. The first-order valence-electron chi connectivity index (χ1n) is 11.8. The summed E-state index contributed by atoms with van der Waals surface area (Å²) in [5.41, 5.74) is 5.46. The summed E-state index contributed by atoms with van der Waals surface area (Å²) in [4.78, 5) is 36.4. The van der Waals surface area contributed by atoms with E-state index in [-0.39, 0.29) is 54.9 Å². The third-order valence-corrected chi connectivity index (χ3v) is 5.87. The molecule has 0 bridgehead atoms. The third kappa shape index (κ3) is 5.50. The van der Waals surface area contributed by atoms with Gasteiger partial charge in [-0.1, -0.05) is 0 Å². The van der Waals surface area contributed by atoms with Gasteiger partial charge >= 0.3 is 12.1 Å². The van der Waals surface area contributed by atoms with Crippen LogP contribution in [0, 0.1) is 0 Å². The topological polar surface area (TPSA) is 176 Å². The molecule has 0 saturated carbocycles. The number of carbonyl (C=O) groups excluding carboxylic acids is 3. The largest absolute Gasteiger partial charge is 0.508 e. The summed E-state index contributed by atoms with van der Waals surface area (Å²) in [7, 11) is 1.20. The van der Waals surface area contributed by atoms with Crippen molar-refractivity contribution in [2.75, 3.05) is 33.5 Å². The number of fused-ring (bicyclic) bond motifs is 4.